The Kier molecular flexibility index (Phi) is 33.0. The zero-order chi connectivity index (χ0) is 71.5. The van der Waals surface area contributed by atoms with Crippen LogP contribution >= 0.6 is 0 Å². The van der Waals surface area contributed by atoms with Crippen molar-refractivity contribution in [1.29, 1.82) is 0 Å². The van der Waals surface area contributed by atoms with Crippen LogP contribution in [0.4, 0.5) is 91.0 Å². The van der Waals surface area contributed by atoms with Crippen LogP contribution in [-0.2, 0) is 0 Å². The van der Waals surface area contributed by atoms with E-state index < -0.39 is 0 Å². The van der Waals surface area contributed by atoms with Crippen LogP contribution in [0.1, 0.15) is 0 Å². The Labute approximate surface area is 615 Å². The summed E-state index contributed by atoms with van der Waals surface area (Å²) in [7, 11) is 0. The van der Waals surface area contributed by atoms with E-state index in [-0.39, 0.29) is 0 Å². The van der Waals surface area contributed by atoms with E-state index in [1.165, 1.54) is 0 Å². The quantitative estimate of drug-likeness (QED) is 0.0485. The van der Waals surface area contributed by atoms with Crippen molar-refractivity contribution in [1.82, 2.24) is 0 Å². The van der Waals surface area contributed by atoms with Crippen LogP contribution in [0.15, 0.2) is 485 Å². The Balaban J connectivity index is 0.000000138. The number of benzene rings is 16. The summed E-state index contributed by atoms with van der Waals surface area (Å²) in [6.07, 6.45) is 0. The van der Waals surface area contributed by atoms with Gasteiger partial charge in [-0.1, -0.05) is 291 Å². The summed E-state index contributed by atoms with van der Waals surface area (Å²) in [5.74, 6) is 0. The minimum absolute atomic E-state index is 1.12. The molecule has 0 amide bonds. The minimum atomic E-state index is 1.12. The molecule has 0 radical (unpaired) electrons. The highest BCUT2D eigenvalue weighted by Gasteiger charge is 1.97. The van der Waals surface area contributed by atoms with Crippen LogP contribution < -0.4 is 42.5 Å². The van der Waals surface area contributed by atoms with Crippen LogP contribution in [-0.4, -0.2) is 0 Å². The van der Waals surface area contributed by atoms with Crippen molar-refractivity contribution >= 4 is 91.0 Å². The number of para-hydroxylation sites is 16. The van der Waals surface area contributed by atoms with E-state index in [9.17, 15) is 0 Å². The van der Waals surface area contributed by atoms with Gasteiger partial charge in [0, 0.05) is 91.0 Å². The van der Waals surface area contributed by atoms with Gasteiger partial charge in [0.25, 0.3) is 0 Å². The van der Waals surface area contributed by atoms with Crippen molar-refractivity contribution in [3.05, 3.63) is 485 Å². The summed E-state index contributed by atoms with van der Waals surface area (Å²) >= 11 is 0. The molecule has 0 heterocycles. The maximum atomic E-state index is 3.30. The number of hydrogen-bond donors (Lipinski definition) is 8. The third kappa shape index (κ3) is 31.2. The summed E-state index contributed by atoms with van der Waals surface area (Å²) in [6, 6.07) is 162. The fourth-order valence-electron chi connectivity index (χ4n) is 9.68. The average molecular weight is 1350 g/mol. The van der Waals surface area contributed by atoms with E-state index in [1.54, 1.807) is 0 Å². The fraction of sp³-hybridized carbons (Fsp3) is 0. The van der Waals surface area contributed by atoms with E-state index >= 15 is 0 Å². The van der Waals surface area contributed by atoms with E-state index in [0.29, 0.717) is 0 Å². The molecule has 16 aromatic carbocycles. The third-order valence-corrected chi connectivity index (χ3v) is 14.7. The maximum absolute atomic E-state index is 3.30. The normalized spacial score (nSPS) is 9.54. The molecule has 8 N–H and O–H groups in total. The first-order valence-corrected chi connectivity index (χ1v) is 34.6. The van der Waals surface area contributed by atoms with Crippen molar-refractivity contribution in [2.45, 2.75) is 0 Å². The highest BCUT2D eigenvalue weighted by molar-refractivity contribution is 5.65. The van der Waals surface area contributed by atoms with Crippen molar-refractivity contribution in [2.75, 3.05) is 42.5 Å². The highest BCUT2D eigenvalue weighted by Crippen LogP contribution is 2.22. The summed E-state index contributed by atoms with van der Waals surface area (Å²) in [5, 5.41) is 26.4. The largest absolute Gasteiger partial charge is 0.356 e. The number of hydrogen-bond acceptors (Lipinski definition) is 8. The molecule has 0 saturated heterocycles. The lowest BCUT2D eigenvalue weighted by atomic mass is 10.3. The molecular formula is C96H88N8. The van der Waals surface area contributed by atoms with Gasteiger partial charge in [0.15, 0.2) is 0 Å². The molecule has 8 heteroatoms. The van der Waals surface area contributed by atoms with Crippen LogP contribution in [0, 0.1) is 0 Å². The fourth-order valence-corrected chi connectivity index (χ4v) is 9.68. The first-order valence-electron chi connectivity index (χ1n) is 34.6. The van der Waals surface area contributed by atoms with Crippen LogP contribution in [0.2, 0.25) is 0 Å². The molecule has 0 aliphatic rings. The molecule has 0 bridgehead atoms. The van der Waals surface area contributed by atoms with Crippen molar-refractivity contribution in [3.8, 4) is 0 Å². The predicted octanol–water partition coefficient (Wildman–Crippen LogP) is 27.4. The smallest absolute Gasteiger partial charge is 0.0384 e. The monoisotopic (exact) mass is 1350 g/mol. The summed E-state index contributed by atoms with van der Waals surface area (Å²) in [4.78, 5) is 0. The molecule has 8 nitrogen and oxygen atoms in total. The van der Waals surface area contributed by atoms with Gasteiger partial charge in [-0.15, -0.1) is 0 Å². The Hall–Kier alpha value is -14.1. The van der Waals surface area contributed by atoms with E-state index in [1.807, 2.05) is 485 Å². The van der Waals surface area contributed by atoms with E-state index in [2.05, 4.69) is 42.5 Å². The van der Waals surface area contributed by atoms with Gasteiger partial charge in [0.1, 0.15) is 0 Å². The molecule has 0 atom stereocenters. The van der Waals surface area contributed by atoms with Crippen LogP contribution in [0.3, 0.4) is 0 Å². The summed E-state index contributed by atoms with van der Waals surface area (Å²) in [5.41, 5.74) is 17.9. The van der Waals surface area contributed by atoms with Gasteiger partial charge in [-0.3, -0.25) is 0 Å². The zero-order valence-electron chi connectivity index (χ0n) is 58.2. The van der Waals surface area contributed by atoms with Crippen LogP contribution in [0.5, 0.6) is 0 Å². The maximum Gasteiger partial charge on any atom is 0.0384 e. The lowest BCUT2D eigenvalue weighted by molar-refractivity contribution is 1.55. The first-order chi connectivity index (χ1) is 51.6. The van der Waals surface area contributed by atoms with Gasteiger partial charge in [-0.05, 0) is 194 Å². The average Bonchev–Trinajstić information content (AvgIpc) is 1.67. The van der Waals surface area contributed by atoms with Gasteiger partial charge in [-0.2, -0.15) is 0 Å². The number of rotatable bonds is 16. The number of nitrogens with one attached hydrogen (secondary N) is 8. The second-order valence-corrected chi connectivity index (χ2v) is 22.9. The molecule has 104 heavy (non-hydrogen) atoms. The molecule has 512 valence electrons. The van der Waals surface area contributed by atoms with Gasteiger partial charge < -0.3 is 42.5 Å². The molecule has 0 aromatic heterocycles. The second kappa shape index (κ2) is 46.2. The van der Waals surface area contributed by atoms with Gasteiger partial charge in [0.05, 0.1) is 0 Å². The summed E-state index contributed by atoms with van der Waals surface area (Å²) in [6.45, 7) is 0. The molecule has 0 aliphatic heterocycles. The molecule has 0 unspecified atom stereocenters. The first kappa shape index (κ1) is 74.2. The van der Waals surface area contributed by atoms with Crippen molar-refractivity contribution in [2.24, 2.45) is 0 Å². The number of anilines is 16. The van der Waals surface area contributed by atoms with E-state index in [0.717, 1.165) is 91.0 Å². The van der Waals surface area contributed by atoms with Crippen LogP contribution in [0.25, 0.3) is 0 Å². The van der Waals surface area contributed by atoms with Gasteiger partial charge in [0.2, 0.25) is 0 Å². The van der Waals surface area contributed by atoms with Crippen molar-refractivity contribution < 1.29 is 0 Å². The second-order valence-electron chi connectivity index (χ2n) is 22.9. The Morgan fingerprint density at radius 3 is 0.163 bits per heavy atom. The lowest BCUT2D eigenvalue weighted by Gasteiger charge is -2.04. The molecule has 0 spiro atoms. The molecule has 16 rings (SSSR count). The van der Waals surface area contributed by atoms with Gasteiger partial charge >= 0.3 is 0 Å². The predicted molar refractivity (Wildman–Crippen MR) is 449 cm³/mol. The minimum Gasteiger partial charge on any atom is -0.356 e. The third-order valence-electron chi connectivity index (χ3n) is 14.7. The zero-order valence-corrected chi connectivity index (χ0v) is 58.2. The van der Waals surface area contributed by atoms with E-state index in [4.69, 9.17) is 0 Å². The Bertz CT molecular complexity index is 3450. The lowest BCUT2D eigenvalue weighted by Crippen LogP contribution is -1.87. The topological polar surface area (TPSA) is 96.2 Å². The Morgan fingerprint density at radius 1 is 0.0673 bits per heavy atom. The molecule has 16 aromatic rings. The molecular weight excluding hydrogens is 1270 g/mol. The SMILES string of the molecule is c1ccc(Nc2ccccc2)cc1.c1ccc(Nc2ccccc2)cc1.c1ccc(Nc2ccccc2)cc1.c1ccc(Nc2ccccc2)cc1.c1ccc(Nc2ccccc2)cc1.c1ccc(Nc2ccccc2)cc1.c1ccc(Nc2ccccc2)cc1.c1ccc(Nc2ccccc2)cc1. The highest BCUT2D eigenvalue weighted by atomic mass is 14.9. The molecule has 0 aliphatic carbocycles. The van der Waals surface area contributed by atoms with Gasteiger partial charge in [-0.25, -0.2) is 0 Å². The molecule has 0 fully saturated rings. The summed E-state index contributed by atoms with van der Waals surface area (Å²) < 4.78 is 0. The van der Waals surface area contributed by atoms with Crippen molar-refractivity contribution in [3.63, 3.8) is 0 Å². The standard InChI is InChI=1S/8C12H11N/c8*1-3-7-11(8-4-1)13-12-9-5-2-6-10-12/h8*1-10,13H. The Morgan fingerprint density at radius 2 is 0.115 bits per heavy atom. The molecule has 0 saturated carbocycles.